The van der Waals surface area contributed by atoms with Gasteiger partial charge in [-0.15, -0.1) is 0 Å². The predicted octanol–water partition coefficient (Wildman–Crippen LogP) is 5.19. The van der Waals surface area contributed by atoms with E-state index in [1.54, 1.807) is 0 Å². The molecule has 102 valence electrons. The van der Waals surface area contributed by atoms with Crippen molar-refractivity contribution in [2.24, 2.45) is 0 Å². The lowest BCUT2D eigenvalue weighted by Crippen LogP contribution is -2.22. The van der Waals surface area contributed by atoms with Crippen LogP contribution in [0.5, 0.6) is 0 Å². The van der Waals surface area contributed by atoms with Gasteiger partial charge in [0.15, 0.2) is 0 Å². The molecule has 0 fully saturated rings. The van der Waals surface area contributed by atoms with Crippen LogP contribution >= 0.6 is 0 Å². The van der Waals surface area contributed by atoms with E-state index in [9.17, 15) is 0 Å². The summed E-state index contributed by atoms with van der Waals surface area (Å²) in [6.45, 7) is 6.74. The van der Waals surface area contributed by atoms with Gasteiger partial charge in [-0.3, -0.25) is 0 Å². The van der Waals surface area contributed by atoms with E-state index in [0.29, 0.717) is 0 Å². The number of rotatable bonds is 3. The fourth-order valence-electron chi connectivity index (χ4n) is 3.00. The molecule has 0 aliphatic heterocycles. The van der Waals surface area contributed by atoms with Crippen LogP contribution in [0.15, 0.2) is 54.7 Å². The molecule has 0 radical (unpaired) electrons. The van der Waals surface area contributed by atoms with E-state index in [4.69, 9.17) is 0 Å². The summed E-state index contributed by atoms with van der Waals surface area (Å²) in [7, 11) is 0. The molecule has 1 heteroatoms. The molecule has 1 N–H and O–H groups in total. The second kappa shape index (κ2) is 4.82. The molecule has 0 saturated heterocycles. The number of aromatic amines is 1. The first-order chi connectivity index (χ1) is 9.65. The number of H-pyrrole nitrogens is 1. The number of nitrogens with one attached hydrogen (secondary N) is 1. The molecule has 0 amide bonds. The van der Waals surface area contributed by atoms with Crippen molar-refractivity contribution in [1.82, 2.24) is 4.98 Å². The number of hydrogen-bond donors (Lipinski definition) is 1. The standard InChI is InChI=1S/C19H21N/c1-4-19(3,15-11-9-14(2)10-12-15)17-13-20-18-8-6-5-7-16(17)18/h5-13,20H,4H2,1-3H3. The normalized spacial score (nSPS) is 14.3. The van der Waals surface area contributed by atoms with Crippen molar-refractivity contribution in [2.45, 2.75) is 32.6 Å². The van der Waals surface area contributed by atoms with Crippen LogP contribution in [0, 0.1) is 6.92 Å². The molecular formula is C19H21N. The van der Waals surface area contributed by atoms with Gasteiger partial charge in [0.05, 0.1) is 0 Å². The third-order valence-corrected chi connectivity index (χ3v) is 4.58. The molecule has 2 aromatic carbocycles. The van der Waals surface area contributed by atoms with E-state index in [-0.39, 0.29) is 5.41 Å². The van der Waals surface area contributed by atoms with Crippen LogP contribution in [-0.2, 0) is 5.41 Å². The minimum absolute atomic E-state index is 0.0489. The zero-order valence-electron chi connectivity index (χ0n) is 12.4. The minimum Gasteiger partial charge on any atom is -0.361 e. The summed E-state index contributed by atoms with van der Waals surface area (Å²) in [6.07, 6.45) is 3.26. The van der Waals surface area contributed by atoms with E-state index in [1.807, 2.05) is 0 Å². The van der Waals surface area contributed by atoms with Gasteiger partial charge in [0.1, 0.15) is 0 Å². The molecule has 0 aliphatic carbocycles. The van der Waals surface area contributed by atoms with E-state index in [0.717, 1.165) is 6.42 Å². The van der Waals surface area contributed by atoms with Crippen molar-refractivity contribution >= 4 is 10.9 Å². The highest BCUT2D eigenvalue weighted by molar-refractivity contribution is 5.84. The zero-order valence-corrected chi connectivity index (χ0v) is 12.4. The lowest BCUT2D eigenvalue weighted by molar-refractivity contribution is 0.554. The Bertz CT molecular complexity index is 721. The number of benzene rings is 2. The third kappa shape index (κ3) is 1.94. The SMILES string of the molecule is CCC(C)(c1ccc(C)cc1)c1c[nH]c2ccccc12. The Balaban J connectivity index is 2.19. The van der Waals surface area contributed by atoms with Crippen LogP contribution in [0.4, 0.5) is 0 Å². The molecule has 1 unspecified atom stereocenters. The van der Waals surface area contributed by atoms with Crippen LogP contribution < -0.4 is 0 Å². The maximum Gasteiger partial charge on any atom is 0.0457 e. The molecule has 20 heavy (non-hydrogen) atoms. The Labute approximate surface area is 120 Å². The first kappa shape index (κ1) is 13.0. The summed E-state index contributed by atoms with van der Waals surface area (Å²) < 4.78 is 0. The predicted molar refractivity (Wildman–Crippen MR) is 86.2 cm³/mol. The molecule has 3 rings (SSSR count). The third-order valence-electron chi connectivity index (χ3n) is 4.58. The highest BCUT2D eigenvalue weighted by Crippen LogP contribution is 2.39. The number of fused-ring (bicyclic) bond motifs is 1. The zero-order chi connectivity index (χ0) is 14.2. The molecule has 1 nitrogen and oxygen atoms in total. The molecule has 1 aromatic heterocycles. The van der Waals surface area contributed by atoms with E-state index < -0.39 is 0 Å². The second-order valence-electron chi connectivity index (χ2n) is 5.80. The van der Waals surface area contributed by atoms with Gasteiger partial charge in [-0.05, 0) is 30.5 Å². The van der Waals surface area contributed by atoms with Crippen molar-refractivity contribution in [2.75, 3.05) is 0 Å². The average Bonchev–Trinajstić information content (AvgIpc) is 2.91. The first-order valence-corrected chi connectivity index (χ1v) is 7.29. The molecule has 0 saturated carbocycles. The van der Waals surface area contributed by atoms with Crippen molar-refractivity contribution in [1.29, 1.82) is 0 Å². The van der Waals surface area contributed by atoms with Crippen molar-refractivity contribution < 1.29 is 0 Å². The molecular weight excluding hydrogens is 242 g/mol. The molecule has 1 atom stereocenters. The number of para-hydroxylation sites is 1. The smallest absolute Gasteiger partial charge is 0.0457 e. The quantitative estimate of drug-likeness (QED) is 0.669. The van der Waals surface area contributed by atoms with E-state index in [1.165, 1.54) is 27.6 Å². The number of aryl methyl sites for hydroxylation is 1. The van der Waals surface area contributed by atoms with Gasteiger partial charge in [0, 0.05) is 22.5 Å². The topological polar surface area (TPSA) is 15.8 Å². The monoisotopic (exact) mass is 263 g/mol. The van der Waals surface area contributed by atoms with Crippen LogP contribution in [0.2, 0.25) is 0 Å². The second-order valence-corrected chi connectivity index (χ2v) is 5.80. The summed E-state index contributed by atoms with van der Waals surface area (Å²) in [5.74, 6) is 0. The van der Waals surface area contributed by atoms with Crippen LogP contribution in [0.1, 0.15) is 37.0 Å². The molecule has 1 heterocycles. The van der Waals surface area contributed by atoms with Crippen molar-refractivity contribution in [3.8, 4) is 0 Å². The summed E-state index contributed by atoms with van der Waals surface area (Å²) in [6, 6.07) is 17.5. The van der Waals surface area contributed by atoms with Gasteiger partial charge in [0.25, 0.3) is 0 Å². The van der Waals surface area contributed by atoms with Crippen molar-refractivity contribution in [3.05, 3.63) is 71.4 Å². The Morgan fingerprint density at radius 1 is 1.00 bits per heavy atom. The highest BCUT2D eigenvalue weighted by Gasteiger charge is 2.29. The van der Waals surface area contributed by atoms with Crippen LogP contribution in [-0.4, -0.2) is 4.98 Å². The van der Waals surface area contributed by atoms with Gasteiger partial charge in [-0.2, -0.15) is 0 Å². The largest absolute Gasteiger partial charge is 0.361 e. The fourth-order valence-corrected chi connectivity index (χ4v) is 3.00. The summed E-state index contributed by atoms with van der Waals surface area (Å²) in [5.41, 5.74) is 5.35. The number of aromatic nitrogens is 1. The average molecular weight is 263 g/mol. The Kier molecular flexibility index (Phi) is 3.13. The first-order valence-electron chi connectivity index (χ1n) is 7.29. The Morgan fingerprint density at radius 2 is 1.70 bits per heavy atom. The lowest BCUT2D eigenvalue weighted by atomic mass is 9.74. The summed E-state index contributed by atoms with van der Waals surface area (Å²) in [4.78, 5) is 3.41. The van der Waals surface area contributed by atoms with Gasteiger partial charge < -0.3 is 4.98 Å². The minimum atomic E-state index is 0.0489. The maximum absolute atomic E-state index is 3.41. The molecule has 3 aromatic rings. The molecule has 0 aliphatic rings. The lowest BCUT2D eigenvalue weighted by Gasteiger charge is -2.29. The summed E-state index contributed by atoms with van der Waals surface area (Å²) >= 11 is 0. The molecule has 0 spiro atoms. The Hall–Kier alpha value is -2.02. The van der Waals surface area contributed by atoms with Gasteiger partial charge in [-0.25, -0.2) is 0 Å². The van der Waals surface area contributed by atoms with Crippen molar-refractivity contribution in [3.63, 3.8) is 0 Å². The van der Waals surface area contributed by atoms with Gasteiger partial charge in [-0.1, -0.05) is 61.9 Å². The van der Waals surface area contributed by atoms with Gasteiger partial charge in [0.2, 0.25) is 0 Å². The van der Waals surface area contributed by atoms with Gasteiger partial charge >= 0.3 is 0 Å². The fraction of sp³-hybridized carbons (Fsp3) is 0.263. The number of hydrogen-bond acceptors (Lipinski definition) is 0. The highest BCUT2D eigenvalue weighted by atomic mass is 14.7. The van der Waals surface area contributed by atoms with E-state index >= 15 is 0 Å². The maximum atomic E-state index is 3.41. The summed E-state index contributed by atoms with van der Waals surface area (Å²) in [5, 5.41) is 1.33. The van der Waals surface area contributed by atoms with Crippen LogP contribution in [0.25, 0.3) is 10.9 Å². The van der Waals surface area contributed by atoms with Crippen LogP contribution in [0.3, 0.4) is 0 Å². The Morgan fingerprint density at radius 3 is 2.40 bits per heavy atom. The molecule has 0 bridgehead atoms. The van der Waals surface area contributed by atoms with E-state index in [2.05, 4.69) is 80.5 Å².